The molecular weight excluding hydrogens is 230 g/mol. The molecule has 0 aromatic heterocycles. The first-order valence-corrected chi connectivity index (χ1v) is 4.03. The number of alkyl halides is 6. The fraction of sp³-hybridized carbons (Fsp3) is 1.00. The second-order valence-corrected chi connectivity index (χ2v) is 2.48. The maximum atomic E-state index is 12.3. The van der Waals surface area contributed by atoms with Crippen LogP contribution in [0.4, 0.5) is 26.3 Å². The minimum atomic E-state index is -5.67. The van der Waals surface area contributed by atoms with Gasteiger partial charge in [-0.1, -0.05) is 0 Å². The zero-order valence-electron chi connectivity index (χ0n) is 8.00. The summed E-state index contributed by atoms with van der Waals surface area (Å²) in [6, 6.07) is 0. The van der Waals surface area contributed by atoms with E-state index >= 15 is 0 Å². The van der Waals surface area contributed by atoms with E-state index < -0.39 is 31.4 Å². The van der Waals surface area contributed by atoms with E-state index in [1.54, 1.807) is 0 Å². The minimum Gasteiger partial charge on any atom is -0.336 e. The molecule has 0 heterocycles. The molecule has 0 N–H and O–H groups in total. The van der Waals surface area contributed by atoms with E-state index in [1.165, 1.54) is 0 Å². The van der Waals surface area contributed by atoms with E-state index in [0.717, 1.165) is 13.8 Å². The molecule has 0 spiro atoms. The van der Waals surface area contributed by atoms with Gasteiger partial charge in [-0.3, -0.25) is 0 Å². The van der Waals surface area contributed by atoms with Crippen molar-refractivity contribution >= 4 is 0 Å². The van der Waals surface area contributed by atoms with E-state index in [-0.39, 0.29) is 0 Å². The third-order valence-corrected chi connectivity index (χ3v) is 1.44. The number of rotatable bonds is 4. The lowest BCUT2D eigenvalue weighted by molar-refractivity contribution is -0.467. The molecule has 8 heteroatoms. The molecule has 0 amide bonds. The standard InChI is InChI=1S/C7H10F6O2/c1-3-14-5(15-4-2,6(8,9)10)7(11,12)13/h3-4H2,1-2H3. The molecule has 15 heavy (non-hydrogen) atoms. The Kier molecular flexibility index (Phi) is 4.41. The Balaban J connectivity index is 5.28. The normalized spacial score (nSPS) is 14.4. The predicted octanol–water partition coefficient (Wildman–Crippen LogP) is 2.88. The number of ether oxygens (including phenoxy) is 2. The summed E-state index contributed by atoms with van der Waals surface area (Å²) >= 11 is 0. The Hall–Kier alpha value is -0.500. The van der Waals surface area contributed by atoms with Crippen LogP contribution in [0.3, 0.4) is 0 Å². The van der Waals surface area contributed by atoms with Gasteiger partial charge in [0.05, 0.1) is 0 Å². The van der Waals surface area contributed by atoms with Gasteiger partial charge in [0.25, 0.3) is 0 Å². The first-order chi connectivity index (χ1) is 6.62. The summed E-state index contributed by atoms with van der Waals surface area (Å²) in [6.07, 6.45) is -11.3. The van der Waals surface area contributed by atoms with Crippen molar-refractivity contribution in [2.45, 2.75) is 32.0 Å². The van der Waals surface area contributed by atoms with Gasteiger partial charge in [-0.25, -0.2) is 0 Å². The molecule has 2 nitrogen and oxygen atoms in total. The molecule has 0 radical (unpaired) electrons. The summed E-state index contributed by atoms with van der Waals surface area (Å²) < 4.78 is 81.1. The molecule has 0 saturated heterocycles. The number of hydrogen-bond acceptors (Lipinski definition) is 2. The van der Waals surface area contributed by atoms with Gasteiger partial charge in [0, 0.05) is 13.2 Å². The smallest absolute Gasteiger partial charge is 0.336 e. The van der Waals surface area contributed by atoms with E-state index in [9.17, 15) is 26.3 Å². The van der Waals surface area contributed by atoms with E-state index in [4.69, 9.17) is 0 Å². The number of halogens is 6. The molecular formula is C7H10F6O2. The second-order valence-electron chi connectivity index (χ2n) is 2.48. The molecule has 0 aromatic rings. The fourth-order valence-corrected chi connectivity index (χ4v) is 0.936. The van der Waals surface area contributed by atoms with Crippen LogP contribution in [0.25, 0.3) is 0 Å². The van der Waals surface area contributed by atoms with E-state index in [2.05, 4.69) is 9.47 Å². The summed E-state index contributed by atoms with van der Waals surface area (Å²) in [7, 11) is 0. The summed E-state index contributed by atoms with van der Waals surface area (Å²) in [5.74, 6) is -4.52. The zero-order valence-corrected chi connectivity index (χ0v) is 8.00. The Morgan fingerprint density at radius 3 is 1.13 bits per heavy atom. The lowest BCUT2D eigenvalue weighted by Crippen LogP contribution is -2.60. The molecule has 0 aromatic carbocycles. The van der Waals surface area contributed by atoms with Gasteiger partial charge >= 0.3 is 18.1 Å². The maximum absolute atomic E-state index is 12.3. The lowest BCUT2D eigenvalue weighted by atomic mass is 10.2. The topological polar surface area (TPSA) is 18.5 Å². The van der Waals surface area contributed by atoms with Crippen molar-refractivity contribution in [1.82, 2.24) is 0 Å². The maximum Gasteiger partial charge on any atom is 0.453 e. The Morgan fingerprint density at radius 1 is 0.733 bits per heavy atom. The highest BCUT2D eigenvalue weighted by Gasteiger charge is 2.74. The average Bonchev–Trinajstić information content (AvgIpc) is 1.99. The number of hydrogen-bond donors (Lipinski definition) is 0. The van der Waals surface area contributed by atoms with Crippen molar-refractivity contribution in [2.75, 3.05) is 13.2 Å². The molecule has 92 valence electrons. The van der Waals surface area contributed by atoms with Crippen molar-refractivity contribution in [3.05, 3.63) is 0 Å². The summed E-state index contributed by atoms with van der Waals surface area (Å²) in [6.45, 7) is 0.508. The Labute approximate surface area is 82.1 Å². The van der Waals surface area contributed by atoms with Crippen LogP contribution < -0.4 is 0 Å². The van der Waals surface area contributed by atoms with Gasteiger partial charge in [-0.05, 0) is 13.8 Å². The molecule has 0 saturated carbocycles. The predicted molar refractivity (Wildman–Crippen MR) is 38.1 cm³/mol. The van der Waals surface area contributed by atoms with Gasteiger partial charge in [0.15, 0.2) is 0 Å². The summed E-state index contributed by atoms with van der Waals surface area (Å²) in [5, 5.41) is 0. The van der Waals surface area contributed by atoms with Crippen molar-refractivity contribution in [3.63, 3.8) is 0 Å². The van der Waals surface area contributed by atoms with Crippen molar-refractivity contribution in [2.24, 2.45) is 0 Å². The highest BCUT2D eigenvalue weighted by molar-refractivity contribution is 4.87. The van der Waals surface area contributed by atoms with Crippen molar-refractivity contribution in [1.29, 1.82) is 0 Å². The third kappa shape index (κ3) is 2.75. The molecule has 0 unspecified atom stereocenters. The second kappa shape index (κ2) is 4.56. The first kappa shape index (κ1) is 14.5. The molecule has 0 aliphatic heterocycles. The SMILES string of the molecule is CCOC(OCC)(C(F)(F)F)C(F)(F)F. The molecule has 0 bridgehead atoms. The van der Waals surface area contributed by atoms with Gasteiger partial charge in [-0.2, -0.15) is 26.3 Å². The molecule has 0 fully saturated rings. The van der Waals surface area contributed by atoms with Crippen molar-refractivity contribution < 1.29 is 35.8 Å². The Morgan fingerprint density at radius 2 is 1.00 bits per heavy atom. The van der Waals surface area contributed by atoms with Gasteiger partial charge < -0.3 is 9.47 Å². The monoisotopic (exact) mass is 240 g/mol. The Bertz CT molecular complexity index is 175. The molecule has 0 aliphatic carbocycles. The highest BCUT2D eigenvalue weighted by Crippen LogP contribution is 2.46. The van der Waals surface area contributed by atoms with Crippen LogP contribution in [0.5, 0.6) is 0 Å². The average molecular weight is 240 g/mol. The van der Waals surface area contributed by atoms with Crippen LogP contribution in [0, 0.1) is 0 Å². The van der Waals surface area contributed by atoms with Crippen LogP contribution >= 0.6 is 0 Å². The lowest BCUT2D eigenvalue weighted by Gasteiger charge is -2.35. The molecule has 0 rings (SSSR count). The van der Waals surface area contributed by atoms with Crippen LogP contribution in [-0.2, 0) is 9.47 Å². The fourth-order valence-electron chi connectivity index (χ4n) is 0.936. The van der Waals surface area contributed by atoms with Crippen LogP contribution in [-0.4, -0.2) is 31.4 Å². The first-order valence-electron chi connectivity index (χ1n) is 4.03. The van der Waals surface area contributed by atoms with Gasteiger partial charge in [-0.15, -0.1) is 0 Å². The summed E-state index contributed by atoms with van der Waals surface area (Å²) in [5.41, 5.74) is 0. The third-order valence-electron chi connectivity index (χ3n) is 1.44. The zero-order chi connectivity index (χ0) is 12.3. The van der Waals surface area contributed by atoms with Crippen LogP contribution in [0.2, 0.25) is 0 Å². The van der Waals surface area contributed by atoms with Crippen molar-refractivity contribution in [3.8, 4) is 0 Å². The summed E-state index contributed by atoms with van der Waals surface area (Å²) in [4.78, 5) is 0. The highest BCUT2D eigenvalue weighted by atomic mass is 19.4. The van der Waals surface area contributed by atoms with Gasteiger partial charge in [0.2, 0.25) is 0 Å². The van der Waals surface area contributed by atoms with E-state index in [1.807, 2.05) is 0 Å². The van der Waals surface area contributed by atoms with Crippen LogP contribution in [0.15, 0.2) is 0 Å². The minimum absolute atomic E-state index is 0.765. The van der Waals surface area contributed by atoms with Crippen LogP contribution in [0.1, 0.15) is 13.8 Å². The largest absolute Gasteiger partial charge is 0.453 e. The molecule has 0 aliphatic rings. The molecule has 0 atom stereocenters. The quantitative estimate of drug-likeness (QED) is 0.555. The van der Waals surface area contributed by atoms with Gasteiger partial charge in [0.1, 0.15) is 0 Å². The van der Waals surface area contributed by atoms with E-state index in [0.29, 0.717) is 0 Å².